The number of ether oxygens (including phenoxy) is 1. The average molecular weight is 322 g/mol. The Labute approximate surface area is 135 Å². The zero-order valence-corrected chi connectivity index (χ0v) is 12.9. The van der Waals surface area contributed by atoms with Crippen molar-refractivity contribution in [1.29, 1.82) is 0 Å². The fourth-order valence-electron chi connectivity index (χ4n) is 2.64. The van der Waals surface area contributed by atoms with Gasteiger partial charge in [0.15, 0.2) is 0 Å². The van der Waals surface area contributed by atoms with Crippen molar-refractivity contribution in [3.63, 3.8) is 0 Å². The molecular formula is C16H22N2O5. The predicted molar refractivity (Wildman–Crippen MR) is 83.3 cm³/mol. The highest BCUT2D eigenvalue weighted by atomic mass is 16.5. The Hall–Kier alpha value is -2.12. The summed E-state index contributed by atoms with van der Waals surface area (Å²) in [5, 5.41) is 18.2. The Kier molecular flexibility index (Phi) is 6.37. The van der Waals surface area contributed by atoms with Gasteiger partial charge in [-0.3, -0.25) is 9.80 Å². The Morgan fingerprint density at radius 1 is 1.17 bits per heavy atom. The molecule has 7 heteroatoms. The Balaban J connectivity index is 1.68. The fourth-order valence-corrected chi connectivity index (χ4v) is 2.64. The third kappa shape index (κ3) is 5.22. The third-order valence-corrected chi connectivity index (χ3v) is 3.87. The molecule has 7 nitrogen and oxygen atoms in total. The van der Waals surface area contributed by atoms with E-state index in [4.69, 9.17) is 14.9 Å². The smallest absolute Gasteiger partial charge is 0.408 e. The number of aliphatic carboxylic acids is 1. The van der Waals surface area contributed by atoms with Crippen molar-refractivity contribution in [2.75, 3.05) is 32.8 Å². The number of nitrogens with zero attached hydrogens (tertiary/aromatic N) is 2. The van der Waals surface area contributed by atoms with Crippen LogP contribution in [0.2, 0.25) is 0 Å². The van der Waals surface area contributed by atoms with Crippen LogP contribution in [-0.2, 0) is 16.1 Å². The lowest BCUT2D eigenvalue weighted by Crippen LogP contribution is -2.58. The van der Waals surface area contributed by atoms with Crippen LogP contribution in [0.3, 0.4) is 0 Å². The zero-order chi connectivity index (χ0) is 16.7. The first kappa shape index (κ1) is 17.2. The molecule has 2 rings (SSSR count). The van der Waals surface area contributed by atoms with Gasteiger partial charge in [-0.2, -0.15) is 0 Å². The van der Waals surface area contributed by atoms with Crippen LogP contribution in [0.1, 0.15) is 12.0 Å². The number of carboxylic acid groups (broad SMARTS) is 2. The van der Waals surface area contributed by atoms with Gasteiger partial charge in [-0.25, -0.2) is 9.59 Å². The van der Waals surface area contributed by atoms with Gasteiger partial charge < -0.3 is 14.9 Å². The minimum atomic E-state index is -1.18. The summed E-state index contributed by atoms with van der Waals surface area (Å²) >= 11 is 0. The molecule has 2 N–H and O–H groups in total. The first-order chi connectivity index (χ1) is 11.1. The van der Waals surface area contributed by atoms with Crippen molar-refractivity contribution in [3.8, 4) is 0 Å². The molecular weight excluding hydrogens is 300 g/mol. The van der Waals surface area contributed by atoms with Gasteiger partial charge in [0.25, 0.3) is 0 Å². The number of carboxylic acids is 1. The van der Waals surface area contributed by atoms with E-state index in [9.17, 15) is 9.59 Å². The normalized spacial score (nSPS) is 18.8. The molecule has 0 unspecified atom stereocenters. The summed E-state index contributed by atoms with van der Waals surface area (Å²) in [6, 6.07) is 8.90. The van der Waals surface area contributed by atoms with Gasteiger partial charge in [-0.15, -0.1) is 0 Å². The maximum atomic E-state index is 11.2. The minimum Gasteiger partial charge on any atom is -0.480 e. The van der Waals surface area contributed by atoms with E-state index in [1.165, 1.54) is 0 Å². The second-order valence-corrected chi connectivity index (χ2v) is 5.52. The van der Waals surface area contributed by atoms with E-state index in [1.807, 2.05) is 35.2 Å². The molecule has 1 amide bonds. The molecule has 1 aliphatic rings. The highest BCUT2D eigenvalue weighted by molar-refractivity contribution is 5.79. The standard InChI is InChI=1S/C16H22N2O5/c19-15(20)14-11-17(8-9-18(14)16(21)22)7-4-10-23-12-13-5-2-1-3-6-13/h1-3,5-6,14H,4,7-12H2,(H,19,20)(H,21,22)/t14-/m1/s1. The second-order valence-electron chi connectivity index (χ2n) is 5.52. The van der Waals surface area contributed by atoms with Crippen LogP contribution in [-0.4, -0.2) is 70.9 Å². The van der Waals surface area contributed by atoms with Gasteiger partial charge in [-0.05, 0) is 12.0 Å². The number of piperazine rings is 1. The lowest BCUT2D eigenvalue weighted by Gasteiger charge is -2.37. The maximum absolute atomic E-state index is 11.2. The van der Waals surface area contributed by atoms with Gasteiger partial charge in [0.05, 0.1) is 6.61 Å². The second kappa shape index (κ2) is 8.50. The highest BCUT2D eigenvalue weighted by Gasteiger charge is 2.34. The molecule has 0 bridgehead atoms. The van der Waals surface area contributed by atoms with E-state index in [1.54, 1.807) is 0 Å². The monoisotopic (exact) mass is 322 g/mol. The summed E-state index contributed by atoms with van der Waals surface area (Å²) in [7, 11) is 0. The predicted octanol–water partition coefficient (Wildman–Crippen LogP) is 1.34. The number of hydrogen-bond acceptors (Lipinski definition) is 4. The van der Waals surface area contributed by atoms with Crippen molar-refractivity contribution in [1.82, 2.24) is 9.80 Å². The van der Waals surface area contributed by atoms with Crippen LogP contribution in [0.4, 0.5) is 4.79 Å². The molecule has 0 aliphatic carbocycles. The van der Waals surface area contributed by atoms with E-state index in [-0.39, 0.29) is 13.1 Å². The summed E-state index contributed by atoms with van der Waals surface area (Å²) < 4.78 is 5.60. The van der Waals surface area contributed by atoms with Gasteiger partial charge in [0.2, 0.25) is 0 Å². The lowest BCUT2D eigenvalue weighted by molar-refractivity contribution is -0.144. The topological polar surface area (TPSA) is 90.3 Å². The van der Waals surface area contributed by atoms with E-state index in [2.05, 4.69) is 0 Å². The van der Waals surface area contributed by atoms with E-state index < -0.39 is 18.1 Å². The summed E-state index contributed by atoms with van der Waals surface area (Å²) in [5.41, 5.74) is 1.12. The number of hydrogen-bond donors (Lipinski definition) is 2. The number of amides is 1. The van der Waals surface area contributed by atoms with Crippen molar-refractivity contribution in [2.24, 2.45) is 0 Å². The first-order valence-corrected chi connectivity index (χ1v) is 7.64. The number of carbonyl (C=O) groups is 2. The van der Waals surface area contributed by atoms with Gasteiger partial charge in [0, 0.05) is 32.8 Å². The molecule has 1 saturated heterocycles. The fraction of sp³-hybridized carbons (Fsp3) is 0.500. The quantitative estimate of drug-likeness (QED) is 0.736. The molecule has 1 aliphatic heterocycles. The Morgan fingerprint density at radius 3 is 2.57 bits per heavy atom. The van der Waals surface area contributed by atoms with Crippen molar-refractivity contribution in [3.05, 3.63) is 35.9 Å². The van der Waals surface area contributed by atoms with E-state index in [0.29, 0.717) is 26.3 Å². The lowest BCUT2D eigenvalue weighted by atomic mass is 10.1. The molecule has 0 spiro atoms. The summed E-state index contributed by atoms with van der Waals surface area (Å²) in [6.45, 7) is 2.84. The molecule has 1 aromatic rings. The molecule has 1 heterocycles. The molecule has 1 fully saturated rings. The number of rotatable bonds is 7. The van der Waals surface area contributed by atoms with E-state index in [0.717, 1.165) is 16.9 Å². The van der Waals surface area contributed by atoms with Crippen molar-refractivity contribution in [2.45, 2.75) is 19.1 Å². The first-order valence-electron chi connectivity index (χ1n) is 7.64. The number of benzene rings is 1. The van der Waals surface area contributed by atoms with Crippen molar-refractivity contribution >= 4 is 12.1 Å². The van der Waals surface area contributed by atoms with Gasteiger partial charge in [0.1, 0.15) is 6.04 Å². The van der Waals surface area contributed by atoms with Crippen LogP contribution in [0.15, 0.2) is 30.3 Å². The van der Waals surface area contributed by atoms with Gasteiger partial charge in [-0.1, -0.05) is 30.3 Å². The Bertz CT molecular complexity index is 522. The summed E-state index contributed by atoms with van der Waals surface area (Å²) in [4.78, 5) is 25.2. The average Bonchev–Trinajstić information content (AvgIpc) is 2.55. The van der Waals surface area contributed by atoms with Crippen LogP contribution < -0.4 is 0 Å². The van der Waals surface area contributed by atoms with Crippen LogP contribution in [0.25, 0.3) is 0 Å². The molecule has 0 aromatic heterocycles. The van der Waals surface area contributed by atoms with Crippen molar-refractivity contribution < 1.29 is 24.5 Å². The largest absolute Gasteiger partial charge is 0.480 e. The van der Waals surface area contributed by atoms with Crippen LogP contribution >= 0.6 is 0 Å². The van der Waals surface area contributed by atoms with Crippen LogP contribution in [0.5, 0.6) is 0 Å². The zero-order valence-electron chi connectivity index (χ0n) is 12.9. The molecule has 23 heavy (non-hydrogen) atoms. The minimum absolute atomic E-state index is 0.219. The third-order valence-electron chi connectivity index (χ3n) is 3.87. The van der Waals surface area contributed by atoms with E-state index >= 15 is 0 Å². The highest BCUT2D eigenvalue weighted by Crippen LogP contribution is 2.11. The maximum Gasteiger partial charge on any atom is 0.408 e. The SMILES string of the molecule is O=C(O)[C@H]1CN(CCCOCc2ccccc2)CCN1C(=O)O. The molecule has 0 saturated carbocycles. The molecule has 1 atom stereocenters. The Morgan fingerprint density at radius 2 is 1.91 bits per heavy atom. The summed E-state index contributed by atoms with van der Waals surface area (Å²) in [6.07, 6.45) is -0.394. The van der Waals surface area contributed by atoms with Gasteiger partial charge >= 0.3 is 12.1 Å². The molecule has 126 valence electrons. The van der Waals surface area contributed by atoms with Crippen LogP contribution in [0, 0.1) is 0 Å². The molecule has 1 aromatic carbocycles. The molecule has 0 radical (unpaired) electrons. The summed E-state index contributed by atoms with van der Waals surface area (Å²) in [5.74, 6) is -1.10.